The van der Waals surface area contributed by atoms with Crippen LogP contribution in [0.5, 0.6) is 0 Å². The van der Waals surface area contributed by atoms with Gasteiger partial charge in [0.25, 0.3) is 5.56 Å². The molecule has 24 heavy (non-hydrogen) atoms. The number of benzene rings is 1. The molecule has 0 aliphatic carbocycles. The highest BCUT2D eigenvalue weighted by Gasteiger charge is 2.24. The molecule has 1 aromatic heterocycles. The average molecular weight is 392 g/mol. The number of nitrogens with one attached hydrogen (secondary N) is 1. The zero-order chi connectivity index (χ0) is 18.4. The van der Waals surface area contributed by atoms with Gasteiger partial charge in [0.05, 0.1) is 14.9 Å². The van der Waals surface area contributed by atoms with E-state index >= 15 is 0 Å². The highest BCUT2D eigenvalue weighted by molar-refractivity contribution is 7.89. The number of nitrogens with zero attached hydrogens (tertiary/aromatic N) is 2. The van der Waals surface area contributed by atoms with E-state index in [4.69, 9.17) is 23.2 Å². The second-order valence-electron chi connectivity index (χ2n) is 5.33. The van der Waals surface area contributed by atoms with Crippen LogP contribution < -0.4 is 5.56 Å². The number of hydrogen-bond donors (Lipinski definition) is 1. The van der Waals surface area contributed by atoms with Crippen molar-refractivity contribution in [3.63, 3.8) is 0 Å². The molecule has 1 N–H and O–H groups in total. The number of Topliss-reactive ketones (excluding diaryl/α,β-unsaturated/α-hetero) is 1. The van der Waals surface area contributed by atoms with Gasteiger partial charge in [0.1, 0.15) is 11.3 Å². The molecule has 0 saturated carbocycles. The molecule has 0 fully saturated rings. The normalized spacial score (nSPS) is 12.0. The Morgan fingerprint density at radius 3 is 2.08 bits per heavy atom. The Bertz CT molecular complexity index is 967. The maximum atomic E-state index is 12.4. The Balaban J connectivity index is 2.74. The van der Waals surface area contributed by atoms with Crippen molar-refractivity contribution in [2.45, 2.75) is 18.7 Å². The molecule has 0 amide bonds. The van der Waals surface area contributed by atoms with E-state index in [1.54, 1.807) is 6.92 Å². The number of aryl methyl sites for hydroxylation is 1. The van der Waals surface area contributed by atoms with Crippen LogP contribution in [0.15, 0.2) is 21.8 Å². The first-order chi connectivity index (χ1) is 11.0. The molecule has 0 radical (unpaired) electrons. The van der Waals surface area contributed by atoms with Gasteiger partial charge in [-0.05, 0) is 26.0 Å². The van der Waals surface area contributed by atoms with Crippen LogP contribution in [0.25, 0.3) is 5.69 Å². The first-order valence-corrected chi connectivity index (χ1v) is 8.92. The van der Waals surface area contributed by atoms with Gasteiger partial charge in [-0.2, -0.15) is 0 Å². The van der Waals surface area contributed by atoms with Gasteiger partial charge in [-0.1, -0.05) is 23.2 Å². The van der Waals surface area contributed by atoms with E-state index in [9.17, 15) is 18.0 Å². The molecule has 0 atom stereocenters. The Morgan fingerprint density at radius 1 is 1.21 bits per heavy atom. The van der Waals surface area contributed by atoms with Crippen molar-refractivity contribution in [1.82, 2.24) is 14.1 Å². The second-order valence-corrected chi connectivity index (χ2v) is 8.30. The van der Waals surface area contributed by atoms with Crippen molar-refractivity contribution in [2.24, 2.45) is 0 Å². The topological polar surface area (TPSA) is 92.2 Å². The van der Waals surface area contributed by atoms with Gasteiger partial charge in [0.2, 0.25) is 10.0 Å². The van der Waals surface area contributed by atoms with Crippen LogP contribution in [0, 0.1) is 6.92 Å². The number of halogens is 2. The molecular formula is C14H15Cl2N3O4S. The van der Waals surface area contributed by atoms with Crippen molar-refractivity contribution in [3.05, 3.63) is 43.8 Å². The quantitative estimate of drug-likeness (QED) is 0.808. The summed E-state index contributed by atoms with van der Waals surface area (Å²) in [5, 5.41) is 2.65. The van der Waals surface area contributed by atoms with Crippen molar-refractivity contribution < 1.29 is 13.2 Å². The van der Waals surface area contributed by atoms with Crippen LogP contribution in [-0.4, -0.2) is 42.4 Å². The van der Waals surface area contributed by atoms with Crippen molar-refractivity contribution in [1.29, 1.82) is 0 Å². The number of ketones is 1. The first kappa shape index (κ1) is 18.7. The average Bonchev–Trinajstić information content (AvgIpc) is 2.72. The van der Waals surface area contributed by atoms with E-state index in [-0.39, 0.29) is 26.2 Å². The molecule has 0 bridgehead atoms. The zero-order valence-corrected chi connectivity index (χ0v) is 15.7. The second kappa shape index (κ2) is 6.36. The summed E-state index contributed by atoms with van der Waals surface area (Å²) in [5.74, 6) is -0.397. The minimum Gasteiger partial charge on any atom is -0.294 e. The van der Waals surface area contributed by atoms with E-state index < -0.39 is 21.4 Å². The summed E-state index contributed by atoms with van der Waals surface area (Å²) in [6, 6.07) is 2.41. The lowest BCUT2D eigenvalue weighted by atomic mass is 10.2. The van der Waals surface area contributed by atoms with E-state index in [1.807, 2.05) is 0 Å². The predicted molar refractivity (Wildman–Crippen MR) is 92.0 cm³/mol. The van der Waals surface area contributed by atoms with Crippen molar-refractivity contribution in [2.75, 3.05) is 14.1 Å². The number of sulfonamides is 1. The SMILES string of the molecule is CC(=O)c1c(C)[nH]n(-c2c(Cl)cc(S(=O)(=O)N(C)C)cc2Cl)c1=O. The Hall–Kier alpha value is -1.61. The predicted octanol–water partition coefficient (Wildman–Crippen LogP) is 2.23. The van der Waals surface area contributed by atoms with Gasteiger partial charge < -0.3 is 0 Å². The lowest BCUT2D eigenvalue weighted by Gasteiger charge is -2.14. The fraction of sp³-hybridized carbons (Fsp3) is 0.286. The number of aromatic nitrogens is 2. The van der Waals surface area contributed by atoms with Gasteiger partial charge in [0, 0.05) is 19.8 Å². The Kier molecular flexibility index (Phi) is 4.96. The van der Waals surface area contributed by atoms with Crippen LogP contribution in [0.4, 0.5) is 0 Å². The van der Waals surface area contributed by atoms with Crippen LogP contribution in [0.1, 0.15) is 23.0 Å². The summed E-state index contributed by atoms with van der Waals surface area (Å²) in [5.41, 5.74) is -0.166. The van der Waals surface area contributed by atoms with Crippen LogP contribution in [0.2, 0.25) is 10.0 Å². The van der Waals surface area contributed by atoms with E-state index in [0.717, 1.165) is 8.99 Å². The van der Waals surface area contributed by atoms with Gasteiger partial charge >= 0.3 is 0 Å². The lowest BCUT2D eigenvalue weighted by Crippen LogP contribution is -2.23. The Labute approximate surface area is 148 Å². The number of H-pyrrole nitrogens is 1. The summed E-state index contributed by atoms with van der Waals surface area (Å²) in [4.78, 5) is 23.9. The largest absolute Gasteiger partial charge is 0.294 e. The fourth-order valence-electron chi connectivity index (χ4n) is 2.23. The van der Waals surface area contributed by atoms with Gasteiger partial charge in [-0.15, -0.1) is 0 Å². The molecule has 10 heteroatoms. The molecule has 2 aromatic rings. The summed E-state index contributed by atoms with van der Waals surface area (Å²) in [6.45, 7) is 2.85. The van der Waals surface area contributed by atoms with E-state index in [2.05, 4.69) is 5.10 Å². The maximum absolute atomic E-state index is 12.4. The molecule has 2 rings (SSSR count). The Morgan fingerprint density at radius 2 is 1.71 bits per heavy atom. The van der Waals surface area contributed by atoms with Crippen LogP contribution >= 0.6 is 23.2 Å². The molecule has 7 nitrogen and oxygen atoms in total. The van der Waals surface area contributed by atoms with Gasteiger partial charge in [0.15, 0.2) is 5.78 Å². The third-order valence-electron chi connectivity index (χ3n) is 3.42. The summed E-state index contributed by atoms with van der Waals surface area (Å²) >= 11 is 12.3. The lowest BCUT2D eigenvalue weighted by molar-refractivity contribution is 0.101. The third kappa shape index (κ3) is 3.02. The summed E-state index contributed by atoms with van der Waals surface area (Å²) in [7, 11) is -0.979. The third-order valence-corrected chi connectivity index (χ3v) is 5.79. The monoisotopic (exact) mass is 391 g/mol. The van der Waals surface area contributed by atoms with E-state index in [0.29, 0.717) is 5.69 Å². The molecule has 1 heterocycles. The van der Waals surface area contributed by atoms with Crippen molar-refractivity contribution in [3.8, 4) is 5.69 Å². The molecule has 0 unspecified atom stereocenters. The first-order valence-electron chi connectivity index (χ1n) is 6.73. The smallest absolute Gasteiger partial charge is 0.282 e. The van der Waals surface area contributed by atoms with Gasteiger partial charge in [-0.3, -0.25) is 14.7 Å². The number of aromatic amines is 1. The minimum absolute atomic E-state index is 0.00729. The molecule has 0 saturated heterocycles. The minimum atomic E-state index is -3.73. The van der Waals surface area contributed by atoms with Crippen LogP contribution in [-0.2, 0) is 10.0 Å². The number of carbonyl (C=O) groups is 1. The maximum Gasteiger partial charge on any atom is 0.282 e. The number of carbonyl (C=O) groups excluding carboxylic acids is 1. The van der Waals surface area contributed by atoms with E-state index in [1.165, 1.54) is 33.2 Å². The molecule has 0 aliphatic rings. The number of hydrogen-bond acceptors (Lipinski definition) is 4. The van der Waals surface area contributed by atoms with Gasteiger partial charge in [-0.25, -0.2) is 17.4 Å². The number of rotatable bonds is 4. The summed E-state index contributed by atoms with van der Waals surface area (Å²) < 4.78 is 26.4. The molecule has 0 spiro atoms. The standard InChI is InChI=1S/C14H15Cl2N3O4S/c1-7-12(8(2)20)14(21)19(17-7)13-10(15)5-9(6-11(13)16)24(22,23)18(3)4/h5-6,17H,1-4H3. The summed E-state index contributed by atoms with van der Waals surface area (Å²) in [6.07, 6.45) is 0. The highest BCUT2D eigenvalue weighted by Crippen LogP contribution is 2.32. The van der Waals surface area contributed by atoms with Crippen molar-refractivity contribution >= 4 is 39.0 Å². The molecule has 1 aromatic carbocycles. The fourth-order valence-corrected chi connectivity index (χ4v) is 3.97. The van der Waals surface area contributed by atoms with Crippen LogP contribution in [0.3, 0.4) is 0 Å². The molecule has 0 aliphatic heterocycles. The highest BCUT2D eigenvalue weighted by atomic mass is 35.5. The molecular weight excluding hydrogens is 377 g/mol. The molecule has 130 valence electrons. The zero-order valence-electron chi connectivity index (χ0n) is 13.3.